The summed E-state index contributed by atoms with van der Waals surface area (Å²) in [5.41, 5.74) is 2.66. The molecule has 2 N–H and O–H groups in total. The van der Waals surface area contributed by atoms with Gasteiger partial charge in [-0.25, -0.2) is 0 Å². The number of aliphatic carboxylic acids is 1. The number of amides is 1. The molecule has 0 saturated heterocycles. The van der Waals surface area contributed by atoms with Crippen LogP contribution in [0.15, 0.2) is 12.1 Å². The lowest BCUT2D eigenvalue weighted by molar-refractivity contribution is -0.137. The van der Waals surface area contributed by atoms with Crippen molar-refractivity contribution in [3.8, 4) is 5.75 Å². The molecule has 0 aromatic heterocycles. The number of carboxylic acid groups (broad SMARTS) is 1. The summed E-state index contributed by atoms with van der Waals surface area (Å²) in [6.45, 7) is 0. The standard InChI is InChI=1S/C13H15NO4/c1-18-10-6-8(3-2-4-12(16)17)5-9-7-11(15)14-13(9)10/h5-6H,2-4,7H2,1H3,(H,14,15)(H,16,17). The highest BCUT2D eigenvalue weighted by atomic mass is 16.5. The van der Waals surface area contributed by atoms with Crippen LogP contribution in [0.1, 0.15) is 24.0 Å². The average Bonchev–Trinajstić information content (AvgIpc) is 2.67. The minimum atomic E-state index is -0.792. The minimum absolute atomic E-state index is 0.0361. The van der Waals surface area contributed by atoms with Crippen LogP contribution in [0.25, 0.3) is 0 Å². The van der Waals surface area contributed by atoms with E-state index in [0.29, 0.717) is 25.0 Å². The Morgan fingerprint density at radius 1 is 1.50 bits per heavy atom. The zero-order chi connectivity index (χ0) is 13.1. The maximum absolute atomic E-state index is 11.3. The van der Waals surface area contributed by atoms with Gasteiger partial charge in [-0.05, 0) is 30.0 Å². The molecule has 0 fully saturated rings. The van der Waals surface area contributed by atoms with Gasteiger partial charge in [-0.3, -0.25) is 9.59 Å². The summed E-state index contributed by atoms with van der Waals surface area (Å²) < 4.78 is 5.24. The topological polar surface area (TPSA) is 75.6 Å². The summed E-state index contributed by atoms with van der Waals surface area (Å²) in [4.78, 5) is 21.8. The molecule has 0 unspecified atom stereocenters. The molecular weight excluding hydrogens is 234 g/mol. The number of carbonyl (C=O) groups excluding carboxylic acids is 1. The number of methoxy groups -OCH3 is 1. The predicted octanol–water partition coefficient (Wildman–Crippen LogP) is 1.60. The highest BCUT2D eigenvalue weighted by molar-refractivity contribution is 6.01. The number of nitrogens with one attached hydrogen (secondary N) is 1. The average molecular weight is 249 g/mol. The summed E-state index contributed by atoms with van der Waals surface area (Å²) in [5.74, 6) is -0.186. The molecule has 18 heavy (non-hydrogen) atoms. The molecule has 0 aliphatic carbocycles. The monoisotopic (exact) mass is 249 g/mol. The van der Waals surface area contributed by atoms with Crippen molar-refractivity contribution in [3.05, 3.63) is 23.3 Å². The van der Waals surface area contributed by atoms with Gasteiger partial charge in [-0.15, -0.1) is 0 Å². The fourth-order valence-corrected chi connectivity index (χ4v) is 2.12. The van der Waals surface area contributed by atoms with E-state index >= 15 is 0 Å². The van der Waals surface area contributed by atoms with Gasteiger partial charge >= 0.3 is 5.97 Å². The second-order valence-corrected chi connectivity index (χ2v) is 4.30. The number of carbonyl (C=O) groups is 2. The summed E-state index contributed by atoms with van der Waals surface area (Å²) >= 11 is 0. The second-order valence-electron chi connectivity index (χ2n) is 4.30. The largest absolute Gasteiger partial charge is 0.495 e. The first-order chi connectivity index (χ1) is 8.60. The van der Waals surface area contributed by atoms with E-state index in [1.165, 1.54) is 0 Å². The number of hydrogen-bond donors (Lipinski definition) is 2. The maximum atomic E-state index is 11.3. The van der Waals surface area contributed by atoms with Crippen molar-refractivity contribution in [2.75, 3.05) is 12.4 Å². The summed E-state index contributed by atoms with van der Waals surface area (Å²) in [5, 5.41) is 11.4. The number of hydrogen-bond acceptors (Lipinski definition) is 3. The highest BCUT2D eigenvalue weighted by Gasteiger charge is 2.22. The molecule has 96 valence electrons. The van der Waals surface area contributed by atoms with Crippen LogP contribution in [0.2, 0.25) is 0 Å². The molecule has 0 radical (unpaired) electrons. The molecule has 0 saturated carbocycles. The van der Waals surface area contributed by atoms with Gasteiger partial charge in [0.2, 0.25) is 5.91 Å². The van der Waals surface area contributed by atoms with Crippen molar-refractivity contribution < 1.29 is 19.4 Å². The van der Waals surface area contributed by atoms with Crippen LogP contribution in [-0.4, -0.2) is 24.1 Å². The van der Waals surface area contributed by atoms with Gasteiger partial charge in [0.05, 0.1) is 19.2 Å². The Bertz CT molecular complexity index is 496. The lowest BCUT2D eigenvalue weighted by Crippen LogP contribution is -2.04. The number of ether oxygens (including phenoxy) is 1. The van der Waals surface area contributed by atoms with Crippen molar-refractivity contribution in [1.82, 2.24) is 0 Å². The van der Waals surface area contributed by atoms with Crippen LogP contribution in [0.5, 0.6) is 5.75 Å². The molecule has 1 heterocycles. The fraction of sp³-hybridized carbons (Fsp3) is 0.385. The van der Waals surface area contributed by atoms with Crippen molar-refractivity contribution in [1.29, 1.82) is 0 Å². The zero-order valence-electron chi connectivity index (χ0n) is 10.2. The molecule has 0 bridgehead atoms. The van der Waals surface area contributed by atoms with Gasteiger partial charge in [-0.1, -0.05) is 6.07 Å². The van der Waals surface area contributed by atoms with Gasteiger partial charge in [0.25, 0.3) is 0 Å². The van der Waals surface area contributed by atoms with Crippen LogP contribution in [0.4, 0.5) is 5.69 Å². The number of rotatable bonds is 5. The number of benzene rings is 1. The van der Waals surface area contributed by atoms with Crippen molar-refractivity contribution in [2.45, 2.75) is 25.7 Å². The number of anilines is 1. The minimum Gasteiger partial charge on any atom is -0.495 e. The van der Waals surface area contributed by atoms with E-state index in [-0.39, 0.29) is 12.3 Å². The van der Waals surface area contributed by atoms with Crippen molar-refractivity contribution in [3.63, 3.8) is 0 Å². The van der Waals surface area contributed by atoms with Crippen LogP contribution in [0, 0.1) is 0 Å². The molecule has 2 rings (SSSR count). The van der Waals surface area contributed by atoms with Crippen LogP contribution >= 0.6 is 0 Å². The van der Waals surface area contributed by atoms with Crippen LogP contribution < -0.4 is 10.1 Å². The van der Waals surface area contributed by atoms with E-state index in [1.54, 1.807) is 7.11 Å². The molecule has 1 aromatic rings. The smallest absolute Gasteiger partial charge is 0.303 e. The fourth-order valence-electron chi connectivity index (χ4n) is 2.12. The number of fused-ring (bicyclic) bond motifs is 1. The zero-order valence-corrected chi connectivity index (χ0v) is 10.2. The Morgan fingerprint density at radius 2 is 2.28 bits per heavy atom. The Balaban J connectivity index is 2.16. The number of aryl methyl sites for hydroxylation is 1. The molecule has 1 aliphatic rings. The van der Waals surface area contributed by atoms with Gasteiger partial charge in [0.15, 0.2) is 0 Å². The molecule has 5 heteroatoms. The molecule has 0 atom stereocenters. The van der Waals surface area contributed by atoms with Gasteiger partial charge in [-0.2, -0.15) is 0 Å². The lowest BCUT2D eigenvalue weighted by Gasteiger charge is -2.09. The van der Waals surface area contributed by atoms with E-state index < -0.39 is 5.97 Å². The summed E-state index contributed by atoms with van der Waals surface area (Å²) in [6, 6.07) is 3.80. The Labute approximate surface area is 105 Å². The third kappa shape index (κ3) is 2.61. The van der Waals surface area contributed by atoms with Gasteiger partial charge in [0.1, 0.15) is 5.75 Å². The third-order valence-electron chi connectivity index (χ3n) is 2.94. The van der Waals surface area contributed by atoms with Gasteiger partial charge in [0, 0.05) is 6.42 Å². The van der Waals surface area contributed by atoms with Gasteiger partial charge < -0.3 is 15.2 Å². The summed E-state index contributed by atoms with van der Waals surface area (Å²) in [7, 11) is 1.56. The molecular formula is C13H15NO4. The molecule has 1 aromatic carbocycles. The normalized spacial score (nSPS) is 13.1. The van der Waals surface area contributed by atoms with E-state index in [9.17, 15) is 9.59 Å². The van der Waals surface area contributed by atoms with Crippen molar-refractivity contribution in [2.24, 2.45) is 0 Å². The predicted molar refractivity (Wildman–Crippen MR) is 65.9 cm³/mol. The summed E-state index contributed by atoms with van der Waals surface area (Å²) in [6.07, 6.45) is 1.76. The molecule has 5 nitrogen and oxygen atoms in total. The first kappa shape index (κ1) is 12.4. The maximum Gasteiger partial charge on any atom is 0.303 e. The van der Waals surface area contributed by atoms with Crippen molar-refractivity contribution >= 4 is 17.6 Å². The van der Waals surface area contributed by atoms with E-state index in [0.717, 1.165) is 16.8 Å². The third-order valence-corrected chi connectivity index (χ3v) is 2.94. The quantitative estimate of drug-likeness (QED) is 0.831. The molecule has 1 amide bonds. The van der Waals surface area contributed by atoms with E-state index in [2.05, 4.69) is 5.32 Å². The van der Waals surface area contributed by atoms with Crippen LogP contribution in [0.3, 0.4) is 0 Å². The molecule has 0 spiro atoms. The Hall–Kier alpha value is -2.04. The van der Waals surface area contributed by atoms with Crippen LogP contribution in [-0.2, 0) is 22.4 Å². The first-order valence-corrected chi connectivity index (χ1v) is 5.81. The first-order valence-electron chi connectivity index (χ1n) is 5.81. The highest BCUT2D eigenvalue weighted by Crippen LogP contribution is 2.34. The second kappa shape index (κ2) is 5.08. The lowest BCUT2D eigenvalue weighted by atomic mass is 10.0. The molecule has 1 aliphatic heterocycles. The van der Waals surface area contributed by atoms with E-state index in [1.807, 2.05) is 12.1 Å². The number of carboxylic acids is 1. The Kier molecular flexibility index (Phi) is 3.50. The van der Waals surface area contributed by atoms with E-state index in [4.69, 9.17) is 9.84 Å². The Morgan fingerprint density at radius 3 is 2.94 bits per heavy atom. The SMILES string of the molecule is COc1cc(CCCC(=O)O)cc2c1NC(=O)C2.